The average molecular weight is 548 g/mol. The van der Waals surface area contributed by atoms with Gasteiger partial charge in [0.05, 0.1) is 16.6 Å². The van der Waals surface area contributed by atoms with Crippen LogP contribution in [0.3, 0.4) is 0 Å². The Hall–Kier alpha value is -3.13. The normalized spacial score (nSPS) is 29.0. The fourth-order valence-electron chi connectivity index (χ4n) is 8.21. The molecule has 7 rings (SSSR count). The molecule has 8 heteroatoms. The molecule has 1 aliphatic heterocycles. The average Bonchev–Trinajstić information content (AvgIpc) is 2.92. The molecule has 2 amide bonds. The molecule has 1 atom stereocenters. The van der Waals surface area contributed by atoms with Crippen LogP contribution < -0.4 is 14.9 Å². The van der Waals surface area contributed by atoms with E-state index in [2.05, 4.69) is 17.2 Å². The highest BCUT2D eigenvalue weighted by atomic mass is 32.2. The van der Waals surface area contributed by atoms with Crippen LogP contribution in [0.25, 0.3) is 0 Å². The maximum atomic E-state index is 13.6. The standard InChI is InChI=1S/C31H37N3O4S/c1-2-29(35)33-27-11-14-34(28-6-4-3-5-26(27)28)39(37,38)25-9-7-24(8-10-25)30(36)32-13-12-31-18-21-15-22(19-31)17-23(16-21)20-31/h2-10,21-23,27H,1,11-20H2,(H,32,36)(H,33,35). The molecule has 0 aromatic heterocycles. The van der Waals surface area contributed by atoms with E-state index in [1.807, 2.05) is 12.1 Å². The Morgan fingerprint density at radius 2 is 1.62 bits per heavy atom. The van der Waals surface area contributed by atoms with E-state index in [0.717, 1.165) is 29.7 Å². The van der Waals surface area contributed by atoms with Gasteiger partial charge in [0.2, 0.25) is 5.91 Å². The number of anilines is 1. The first kappa shape index (κ1) is 26.1. The van der Waals surface area contributed by atoms with Crippen LogP contribution in [0.2, 0.25) is 0 Å². The number of amides is 2. The van der Waals surface area contributed by atoms with Gasteiger partial charge in [0.15, 0.2) is 0 Å². The van der Waals surface area contributed by atoms with Crippen LogP contribution in [0.15, 0.2) is 66.1 Å². The van der Waals surface area contributed by atoms with Crippen LogP contribution in [0.4, 0.5) is 5.69 Å². The molecule has 206 valence electrons. The van der Waals surface area contributed by atoms with Gasteiger partial charge < -0.3 is 10.6 Å². The second kappa shape index (κ2) is 10.1. The first-order chi connectivity index (χ1) is 18.8. The number of carbonyl (C=O) groups excluding carboxylic acids is 2. The molecule has 1 unspecified atom stereocenters. The molecule has 4 fully saturated rings. The van der Waals surface area contributed by atoms with Crippen molar-refractivity contribution in [2.24, 2.45) is 23.2 Å². The number of rotatable bonds is 8. The number of hydrogen-bond acceptors (Lipinski definition) is 4. The lowest BCUT2D eigenvalue weighted by Gasteiger charge is -2.57. The lowest BCUT2D eigenvalue weighted by Crippen LogP contribution is -2.47. The van der Waals surface area contributed by atoms with E-state index in [1.54, 1.807) is 24.3 Å². The number of hydrogen-bond donors (Lipinski definition) is 2. The zero-order valence-corrected chi connectivity index (χ0v) is 23.1. The number of para-hydroxylation sites is 1. The third kappa shape index (κ3) is 4.99. The monoisotopic (exact) mass is 547 g/mol. The molecule has 4 aliphatic carbocycles. The Morgan fingerprint density at radius 3 is 2.26 bits per heavy atom. The number of benzene rings is 2. The molecule has 39 heavy (non-hydrogen) atoms. The van der Waals surface area contributed by atoms with Crippen molar-refractivity contribution in [2.75, 3.05) is 17.4 Å². The van der Waals surface area contributed by atoms with Crippen molar-refractivity contribution in [2.45, 2.75) is 62.3 Å². The molecule has 5 aliphatic rings. The lowest BCUT2D eigenvalue weighted by molar-refractivity contribution is -0.117. The number of sulfonamides is 1. The van der Waals surface area contributed by atoms with E-state index < -0.39 is 10.0 Å². The molecule has 0 radical (unpaired) electrons. The second-order valence-electron chi connectivity index (χ2n) is 12.1. The summed E-state index contributed by atoms with van der Waals surface area (Å²) in [6.07, 6.45) is 10.9. The number of carbonyl (C=O) groups is 2. The maximum absolute atomic E-state index is 13.6. The largest absolute Gasteiger partial charge is 0.352 e. The van der Waals surface area contributed by atoms with Crippen LogP contribution in [0.5, 0.6) is 0 Å². The van der Waals surface area contributed by atoms with Gasteiger partial charge in [-0.3, -0.25) is 13.9 Å². The van der Waals surface area contributed by atoms with Gasteiger partial charge in [0, 0.05) is 18.7 Å². The molecular formula is C31H37N3O4S. The highest BCUT2D eigenvalue weighted by molar-refractivity contribution is 7.92. The smallest absolute Gasteiger partial charge is 0.264 e. The van der Waals surface area contributed by atoms with E-state index in [-0.39, 0.29) is 29.3 Å². The molecule has 2 aromatic carbocycles. The number of nitrogens with one attached hydrogen (secondary N) is 2. The summed E-state index contributed by atoms with van der Waals surface area (Å²) in [6, 6.07) is 13.1. The predicted molar refractivity (Wildman–Crippen MR) is 151 cm³/mol. The Bertz CT molecular complexity index is 1350. The highest BCUT2D eigenvalue weighted by Gasteiger charge is 2.50. The van der Waals surface area contributed by atoms with Gasteiger partial charge in [-0.2, -0.15) is 0 Å². The predicted octanol–water partition coefficient (Wildman–Crippen LogP) is 4.97. The van der Waals surface area contributed by atoms with Crippen molar-refractivity contribution >= 4 is 27.5 Å². The number of nitrogens with zero attached hydrogens (tertiary/aromatic N) is 1. The van der Waals surface area contributed by atoms with Crippen LogP contribution in [-0.2, 0) is 14.8 Å². The fourth-order valence-corrected chi connectivity index (χ4v) is 9.71. The summed E-state index contributed by atoms with van der Waals surface area (Å²) < 4.78 is 28.6. The van der Waals surface area contributed by atoms with E-state index in [4.69, 9.17) is 0 Å². The Labute approximate surface area is 231 Å². The molecule has 0 spiro atoms. The summed E-state index contributed by atoms with van der Waals surface area (Å²) >= 11 is 0. The minimum atomic E-state index is -3.85. The molecule has 1 heterocycles. The fraction of sp³-hybridized carbons (Fsp3) is 0.484. The third-order valence-electron chi connectivity index (χ3n) is 9.51. The van der Waals surface area contributed by atoms with Crippen LogP contribution >= 0.6 is 0 Å². The van der Waals surface area contributed by atoms with E-state index >= 15 is 0 Å². The lowest BCUT2D eigenvalue weighted by atomic mass is 9.49. The van der Waals surface area contributed by atoms with Crippen molar-refractivity contribution in [3.05, 3.63) is 72.3 Å². The van der Waals surface area contributed by atoms with Crippen LogP contribution in [0, 0.1) is 23.2 Å². The highest BCUT2D eigenvalue weighted by Crippen LogP contribution is 2.61. The van der Waals surface area contributed by atoms with Gasteiger partial charge in [-0.05, 0) is 117 Å². The Morgan fingerprint density at radius 1 is 0.974 bits per heavy atom. The van der Waals surface area contributed by atoms with E-state index in [9.17, 15) is 18.0 Å². The van der Waals surface area contributed by atoms with Gasteiger partial charge in [-0.1, -0.05) is 24.8 Å². The molecule has 4 saturated carbocycles. The van der Waals surface area contributed by atoms with Gasteiger partial charge >= 0.3 is 0 Å². The van der Waals surface area contributed by atoms with Crippen molar-refractivity contribution in [3.8, 4) is 0 Å². The molecule has 2 N–H and O–H groups in total. The van der Waals surface area contributed by atoms with E-state index in [0.29, 0.717) is 29.6 Å². The summed E-state index contributed by atoms with van der Waals surface area (Å²) in [5, 5.41) is 5.98. The summed E-state index contributed by atoms with van der Waals surface area (Å²) in [6.45, 7) is 4.40. The quantitative estimate of drug-likeness (QED) is 0.457. The van der Waals surface area contributed by atoms with Crippen molar-refractivity contribution < 1.29 is 18.0 Å². The Kier molecular flexibility index (Phi) is 6.78. The minimum Gasteiger partial charge on any atom is -0.352 e. The van der Waals surface area contributed by atoms with Crippen molar-refractivity contribution in [3.63, 3.8) is 0 Å². The van der Waals surface area contributed by atoms with Crippen molar-refractivity contribution in [1.82, 2.24) is 10.6 Å². The van der Waals surface area contributed by atoms with Crippen LogP contribution in [0.1, 0.15) is 73.3 Å². The SMILES string of the molecule is C=CC(=O)NC1CCN(S(=O)(=O)c2ccc(C(=O)NCCC34CC5CC(CC(C5)C3)C4)cc2)c2ccccc21. The van der Waals surface area contributed by atoms with Crippen molar-refractivity contribution in [1.29, 1.82) is 0 Å². The number of fused-ring (bicyclic) bond motifs is 1. The van der Waals surface area contributed by atoms with Gasteiger partial charge in [-0.15, -0.1) is 0 Å². The molecule has 7 nitrogen and oxygen atoms in total. The van der Waals surface area contributed by atoms with E-state index in [1.165, 1.54) is 61.0 Å². The first-order valence-electron chi connectivity index (χ1n) is 14.2. The van der Waals surface area contributed by atoms with Crippen LogP contribution in [-0.4, -0.2) is 33.3 Å². The second-order valence-corrected chi connectivity index (χ2v) is 14.0. The zero-order chi connectivity index (χ0) is 27.2. The topological polar surface area (TPSA) is 95.6 Å². The van der Waals surface area contributed by atoms with Gasteiger partial charge in [0.1, 0.15) is 0 Å². The molecule has 0 saturated heterocycles. The van der Waals surface area contributed by atoms with Gasteiger partial charge in [0.25, 0.3) is 15.9 Å². The summed E-state index contributed by atoms with van der Waals surface area (Å²) in [4.78, 5) is 24.9. The Balaban J connectivity index is 1.11. The van der Waals surface area contributed by atoms with Gasteiger partial charge in [-0.25, -0.2) is 8.42 Å². The summed E-state index contributed by atoms with van der Waals surface area (Å²) in [5.41, 5.74) is 2.17. The molecule has 4 bridgehead atoms. The third-order valence-corrected chi connectivity index (χ3v) is 11.3. The summed E-state index contributed by atoms with van der Waals surface area (Å²) in [5.74, 6) is 2.23. The maximum Gasteiger partial charge on any atom is 0.264 e. The zero-order valence-electron chi connectivity index (χ0n) is 22.3. The molecular weight excluding hydrogens is 510 g/mol. The molecule has 2 aromatic rings. The minimum absolute atomic E-state index is 0.135. The first-order valence-corrected chi connectivity index (χ1v) is 15.6. The summed E-state index contributed by atoms with van der Waals surface area (Å²) in [7, 11) is -3.85.